The van der Waals surface area contributed by atoms with E-state index in [1.165, 1.54) is 7.11 Å². The summed E-state index contributed by atoms with van der Waals surface area (Å²) in [6, 6.07) is 0. The minimum absolute atomic E-state index is 0.188. The van der Waals surface area contributed by atoms with E-state index >= 15 is 0 Å². The summed E-state index contributed by atoms with van der Waals surface area (Å²) in [5.41, 5.74) is 0.963. The Morgan fingerprint density at radius 1 is 1.68 bits per heavy atom. The summed E-state index contributed by atoms with van der Waals surface area (Å²) in [6.07, 6.45) is 2.36. The molecule has 0 aromatic carbocycles. The van der Waals surface area contributed by atoms with Crippen LogP contribution in [0.15, 0.2) is 5.38 Å². The largest absolute Gasteiger partial charge is 0.469 e. The van der Waals surface area contributed by atoms with E-state index in [0.717, 1.165) is 36.9 Å². The van der Waals surface area contributed by atoms with Crippen molar-refractivity contribution in [2.45, 2.75) is 32.3 Å². The zero-order valence-electron chi connectivity index (χ0n) is 11.4. The number of carbonyl (C=O) groups excluding carboxylic acids is 1. The van der Waals surface area contributed by atoms with Crippen LogP contribution in [0.25, 0.3) is 0 Å². The fraction of sp³-hybridized carbons (Fsp3) is 0.692. The third-order valence-electron chi connectivity index (χ3n) is 3.22. The van der Waals surface area contributed by atoms with Gasteiger partial charge in [0.2, 0.25) is 0 Å². The quantitative estimate of drug-likeness (QED) is 0.773. The molecule has 1 aliphatic rings. The number of aromatic nitrogens is 1. The Kier molecular flexibility index (Phi) is 5.15. The number of morpholine rings is 1. The number of esters is 1. The van der Waals surface area contributed by atoms with Gasteiger partial charge in [-0.25, -0.2) is 4.98 Å². The maximum absolute atomic E-state index is 11.1. The van der Waals surface area contributed by atoms with Crippen molar-refractivity contribution in [1.29, 1.82) is 0 Å². The lowest BCUT2D eigenvalue weighted by atomic mass is 10.2. The third kappa shape index (κ3) is 3.91. The molecule has 1 aromatic rings. The molecule has 0 amide bonds. The van der Waals surface area contributed by atoms with E-state index in [1.807, 2.05) is 5.38 Å². The standard InChI is InChI=1S/C13H20N2O3S/c1-3-11-8-15(6-7-18-11)13-14-10(9-19-13)4-5-12(16)17-2/h9,11H,3-8H2,1-2H3. The summed E-state index contributed by atoms with van der Waals surface area (Å²) < 4.78 is 10.3. The van der Waals surface area contributed by atoms with Crippen molar-refractivity contribution < 1.29 is 14.3 Å². The average Bonchev–Trinajstić information content (AvgIpc) is 2.93. The molecule has 1 unspecified atom stereocenters. The highest BCUT2D eigenvalue weighted by Crippen LogP contribution is 2.24. The molecule has 1 fully saturated rings. The Bertz CT molecular complexity index is 422. The van der Waals surface area contributed by atoms with E-state index in [2.05, 4.69) is 21.5 Å². The smallest absolute Gasteiger partial charge is 0.305 e. The van der Waals surface area contributed by atoms with Gasteiger partial charge in [0.25, 0.3) is 0 Å². The molecule has 2 heterocycles. The number of carbonyl (C=O) groups is 1. The lowest BCUT2D eigenvalue weighted by Gasteiger charge is -2.32. The van der Waals surface area contributed by atoms with Gasteiger partial charge < -0.3 is 14.4 Å². The van der Waals surface area contributed by atoms with Crippen LogP contribution in [0.1, 0.15) is 25.5 Å². The lowest BCUT2D eigenvalue weighted by Crippen LogP contribution is -2.42. The van der Waals surface area contributed by atoms with E-state index in [4.69, 9.17) is 4.74 Å². The highest BCUT2D eigenvalue weighted by molar-refractivity contribution is 7.13. The van der Waals surface area contributed by atoms with Gasteiger partial charge >= 0.3 is 5.97 Å². The van der Waals surface area contributed by atoms with Gasteiger partial charge in [-0.2, -0.15) is 0 Å². The van der Waals surface area contributed by atoms with E-state index in [1.54, 1.807) is 11.3 Å². The second-order valence-electron chi connectivity index (χ2n) is 4.54. The summed E-state index contributed by atoms with van der Waals surface area (Å²) in [4.78, 5) is 18.0. The number of methoxy groups -OCH3 is 1. The first kappa shape index (κ1) is 14.3. The van der Waals surface area contributed by atoms with E-state index in [0.29, 0.717) is 18.9 Å². The fourth-order valence-electron chi connectivity index (χ4n) is 2.03. The van der Waals surface area contributed by atoms with Crippen molar-refractivity contribution in [3.63, 3.8) is 0 Å². The third-order valence-corrected chi connectivity index (χ3v) is 4.17. The first-order valence-corrected chi connectivity index (χ1v) is 7.48. The number of hydrogen-bond donors (Lipinski definition) is 0. The predicted octanol–water partition coefficient (Wildman–Crippen LogP) is 1.86. The van der Waals surface area contributed by atoms with Gasteiger partial charge in [-0.3, -0.25) is 4.79 Å². The SMILES string of the molecule is CCC1CN(c2nc(CCC(=O)OC)cs2)CCO1. The van der Waals surface area contributed by atoms with Gasteiger partial charge in [-0.15, -0.1) is 11.3 Å². The molecule has 1 atom stereocenters. The summed E-state index contributed by atoms with van der Waals surface area (Å²) >= 11 is 1.64. The monoisotopic (exact) mass is 284 g/mol. The normalized spacial score (nSPS) is 19.5. The van der Waals surface area contributed by atoms with Gasteiger partial charge in [0.05, 0.1) is 31.9 Å². The lowest BCUT2D eigenvalue weighted by molar-refractivity contribution is -0.140. The molecule has 0 N–H and O–H groups in total. The molecule has 0 bridgehead atoms. The van der Waals surface area contributed by atoms with Crippen molar-refractivity contribution in [2.75, 3.05) is 31.7 Å². The first-order valence-electron chi connectivity index (χ1n) is 6.60. The topological polar surface area (TPSA) is 51.7 Å². The van der Waals surface area contributed by atoms with Crippen LogP contribution in [-0.4, -0.2) is 43.9 Å². The second kappa shape index (κ2) is 6.86. The fourth-order valence-corrected chi connectivity index (χ4v) is 2.93. The summed E-state index contributed by atoms with van der Waals surface area (Å²) in [5, 5.41) is 3.05. The van der Waals surface area contributed by atoms with Crippen LogP contribution in [0, 0.1) is 0 Å². The molecule has 5 nitrogen and oxygen atoms in total. The highest BCUT2D eigenvalue weighted by atomic mass is 32.1. The Hall–Kier alpha value is -1.14. The Morgan fingerprint density at radius 3 is 3.26 bits per heavy atom. The molecule has 106 valence electrons. The van der Waals surface area contributed by atoms with E-state index < -0.39 is 0 Å². The maximum atomic E-state index is 11.1. The minimum Gasteiger partial charge on any atom is -0.469 e. The van der Waals surface area contributed by atoms with Gasteiger partial charge in [0.1, 0.15) is 0 Å². The van der Waals surface area contributed by atoms with E-state index in [9.17, 15) is 4.79 Å². The number of nitrogens with zero attached hydrogens (tertiary/aromatic N) is 2. The molecular formula is C13H20N2O3S. The van der Waals surface area contributed by atoms with E-state index in [-0.39, 0.29) is 5.97 Å². The molecule has 1 saturated heterocycles. The van der Waals surface area contributed by atoms with Crippen LogP contribution >= 0.6 is 11.3 Å². The first-order chi connectivity index (χ1) is 9.22. The highest BCUT2D eigenvalue weighted by Gasteiger charge is 2.21. The van der Waals surface area contributed by atoms with Crippen LogP contribution < -0.4 is 4.90 Å². The average molecular weight is 284 g/mol. The van der Waals surface area contributed by atoms with Crippen molar-refractivity contribution in [3.05, 3.63) is 11.1 Å². The van der Waals surface area contributed by atoms with Crippen molar-refractivity contribution in [2.24, 2.45) is 0 Å². The molecule has 0 spiro atoms. The summed E-state index contributed by atoms with van der Waals surface area (Å²) in [7, 11) is 1.41. The van der Waals surface area contributed by atoms with Crippen LogP contribution in [-0.2, 0) is 20.7 Å². The van der Waals surface area contributed by atoms with Gasteiger partial charge in [-0.1, -0.05) is 6.92 Å². The molecule has 0 aliphatic carbocycles. The molecule has 2 rings (SSSR count). The maximum Gasteiger partial charge on any atom is 0.305 e. The van der Waals surface area contributed by atoms with Gasteiger partial charge in [0.15, 0.2) is 5.13 Å². The zero-order chi connectivity index (χ0) is 13.7. The summed E-state index contributed by atoms with van der Waals surface area (Å²) in [6.45, 7) is 4.69. The molecule has 0 radical (unpaired) electrons. The molecule has 6 heteroatoms. The molecular weight excluding hydrogens is 264 g/mol. The minimum atomic E-state index is -0.188. The Morgan fingerprint density at radius 2 is 2.53 bits per heavy atom. The van der Waals surface area contributed by atoms with Crippen molar-refractivity contribution in [3.8, 4) is 0 Å². The molecule has 19 heavy (non-hydrogen) atoms. The van der Waals surface area contributed by atoms with Crippen LogP contribution in [0.2, 0.25) is 0 Å². The number of thiazole rings is 1. The number of ether oxygens (including phenoxy) is 2. The Labute approximate surface area is 117 Å². The van der Waals surface area contributed by atoms with Crippen LogP contribution in [0.4, 0.5) is 5.13 Å². The number of rotatable bonds is 5. The van der Waals surface area contributed by atoms with Crippen molar-refractivity contribution >= 4 is 22.4 Å². The molecule has 1 aliphatic heterocycles. The molecule has 1 aromatic heterocycles. The van der Waals surface area contributed by atoms with Crippen LogP contribution in [0.5, 0.6) is 0 Å². The zero-order valence-corrected chi connectivity index (χ0v) is 12.2. The predicted molar refractivity (Wildman–Crippen MR) is 74.7 cm³/mol. The Balaban J connectivity index is 1.91. The summed E-state index contributed by atoms with van der Waals surface area (Å²) in [5.74, 6) is -0.188. The van der Waals surface area contributed by atoms with Crippen LogP contribution in [0.3, 0.4) is 0 Å². The number of aryl methyl sites for hydroxylation is 1. The molecule has 0 saturated carbocycles. The van der Waals surface area contributed by atoms with Crippen molar-refractivity contribution in [1.82, 2.24) is 4.98 Å². The van der Waals surface area contributed by atoms with Gasteiger partial charge in [0, 0.05) is 24.9 Å². The van der Waals surface area contributed by atoms with Gasteiger partial charge in [-0.05, 0) is 6.42 Å². The second-order valence-corrected chi connectivity index (χ2v) is 5.38. The number of hydrogen-bond acceptors (Lipinski definition) is 6. The number of anilines is 1.